The lowest BCUT2D eigenvalue weighted by Crippen LogP contribution is -2.07. The van der Waals surface area contributed by atoms with Gasteiger partial charge in [0.15, 0.2) is 0 Å². The van der Waals surface area contributed by atoms with Gasteiger partial charge in [0.2, 0.25) is 5.13 Å². The first-order valence-corrected chi connectivity index (χ1v) is 9.33. The second-order valence-corrected chi connectivity index (χ2v) is 6.70. The summed E-state index contributed by atoms with van der Waals surface area (Å²) in [5, 5.41) is 6.57. The van der Waals surface area contributed by atoms with E-state index in [0.717, 1.165) is 14.9 Å². The molecular formula is C17H16IN3O3S. The van der Waals surface area contributed by atoms with Crippen molar-refractivity contribution in [1.82, 2.24) is 4.98 Å². The van der Waals surface area contributed by atoms with Crippen molar-refractivity contribution in [2.24, 2.45) is 5.10 Å². The second-order valence-electron chi connectivity index (χ2n) is 4.68. The standard InChI is InChI=1S/C17H16IN3O3S/c1-3-7-24-15-6-5-12(8-14(15)18)10-19-21-17-20-13(11-25-17)9-16(22)23-4-2/h1,5-6,8,10-11H,4,7,9H2,2H3,(H,20,21). The highest BCUT2D eigenvalue weighted by atomic mass is 127. The molecule has 6 nitrogen and oxygen atoms in total. The molecule has 1 heterocycles. The number of anilines is 1. The number of hydrazone groups is 1. The van der Waals surface area contributed by atoms with Crippen LogP contribution < -0.4 is 10.2 Å². The number of benzene rings is 1. The Bertz CT molecular complexity index is 799. The summed E-state index contributed by atoms with van der Waals surface area (Å²) < 4.78 is 11.3. The number of carbonyl (C=O) groups excluding carboxylic acids is 1. The molecule has 130 valence electrons. The molecule has 0 fully saturated rings. The minimum Gasteiger partial charge on any atom is -0.480 e. The van der Waals surface area contributed by atoms with Gasteiger partial charge in [-0.1, -0.05) is 5.92 Å². The molecule has 2 rings (SSSR count). The lowest BCUT2D eigenvalue weighted by atomic mass is 10.2. The lowest BCUT2D eigenvalue weighted by Gasteiger charge is -2.05. The van der Waals surface area contributed by atoms with Gasteiger partial charge in [-0.3, -0.25) is 10.2 Å². The van der Waals surface area contributed by atoms with E-state index in [1.165, 1.54) is 11.3 Å². The number of nitrogens with one attached hydrogen (secondary N) is 1. The van der Waals surface area contributed by atoms with Gasteiger partial charge in [0, 0.05) is 5.38 Å². The first-order valence-electron chi connectivity index (χ1n) is 7.37. The van der Waals surface area contributed by atoms with E-state index in [2.05, 4.69) is 44.0 Å². The molecule has 0 unspecified atom stereocenters. The van der Waals surface area contributed by atoms with E-state index in [-0.39, 0.29) is 19.0 Å². The van der Waals surface area contributed by atoms with Crippen molar-refractivity contribution in [2.75, 3.05) is 18.6 Å². The van der Waals surface area contributed by atoms with E-state index < -0.39 is 0 Å². The highest BCUT2D eigenvalue weighted by Crippen LogP contribution is 2.21. The van der Waals surface area contributed by atoms with E-state index >= 15 is 0 Å². The molecule has 2 aromatic rings. The molecule has 1 aromatic carbocycles. The molecule has 1 N–H and O–H groups in total. The van der Waals surface area contributed by atoms with E-state index in [0.29, 0.717) is 17.4 Å². The zero-order chi connectivity index (χ0) is 18.1. The fourth-order valence-electron chi connectivity index (χ4n) is 1.80. The van der Waals surface area contributed by atoms with Gasteiger partial charge in [-0.25, -0.2) is 4.98 Å². The van der Waals surface area contributed by atoms with Crippen LogP contribution in [-0.4, -0.2) is 30.4 Å². The average Bonchev–Trinajstić information content (AvgIpc) is 3.01. The zero-order valence-electron chi connectivity index (χ0n) is 13.5. The molecule has 0 bridgehead atoms. The quantitative estimate of drug-likeness (QED) is 0.211. The molecule has 0 amide bonds. The molecule has 0 aliphatic carbocycles. The summed E-state index contributed by atoms with van der Waals surface area (Å²) in [5.41, 5.74) is 4.42. The number of halogens is 1. The summed E-state index contributed by atoms with van der Waals surface area (Å²) in [7, 11) is 0. The fraction of sp³-hybridized carbons (Fsp3) is 0.235. The monoisotopic (exact) mass is 469 g/mol. The molecule has 8 heteroatoms. The average molecular weight is 469 g/mol. The fourth-order valence-corrected chi connectivity index (χ4v) is 3.15. The molecular weight excluding hydrogens is 453 g/mol. The summed E-state index contributed by atoms with van der Waals surface area (Å²) in [5.74, 6) is 2.89. The number of hydrogen-bond acceptors (Lipinski definition) is 7. The molecule has 1 aromatic heterocycles. The number of nitrogens with zero attached hydrogens (tertiary/aromatic N) is 2. The first-order chi connectivity index (χ1) is 12.1. The molecule has 0 aliphatic heterocycles. The van der Waals surface area contributed by atoms with Crippen molar-refractivity contribution in [3.8, 4) is 18.1 Å². The van der Waals surface area contributed by atoms with Crippen LogP contribution in [-0.2, 0) is 16.0 Å². The number of esters is 1. The van der Waals surface area contributed by atoms with Crippen LogP contribution in [0, 0.1) is 15.9 Å². The van der Waals surface area contributed by atoms with Crippen molar-refractivity contribution in [3.63, 3.8) is 0 Å². The highest BCUT2D eigenvalue weighted by molar-refractivity contribution is 14.1. The van der Waals surface area contributed by atoms with E-state index in [1.54, 1.807) is 18.5 Å². The van der Waals surface area contributed by atoms with Gasteiger partial charge in [-0.15, -0.1) is 17.8 Å². The van der Waals surface area contributed by atoms with Crippen molar-refractivity contribution >= 4 is 51.2 Å². The SMILES string of the molecule is C#CCOc1ccc(C=NNc2nc(CC(=O)OCC)cs2)cc1I. The molecule has 0 saturated heterocycles. The van der Waals surface area contributed by atoms with Crippen LogP contribution in [0.1, 0.15) is 18.2 Å². The molecule has 0 spiro atoms. The highest BCUT2D eigenvalue weighted by Gasteiger charge is 2.08. The summed E-state index contributed by atoms with van der Waals surface area (Å²) in [6.07, 6.45) is 7.02. The lowest BCUT2D eigenvalue weighted by molar-refractivity contribution is -0.142. The Kier molecular flexibility index (Phi) is 7.69. The number of terminal acetylenes is 1. The maximum Gasteiger partial charge on any atom is 0.311 e. The van der Waals surface area contributed by atoms with Crippen LogP contribution in [0.4, 0.5) is 5.13 Å². The second kappa shape index (κ2) is 10.0. The van der Waals surface area contributed by atoms with Crippen LogP contribution in [0.2, 0.25) is 0 Å². The van der Waals surface area contributed by atoms with Gasteiger partial charge < -0.3 is 9.47 Å². The molecule has 0 radical (unpaired) electrons. The zero-order valence-corrected chi connectivity index (χ0v) is 16.5. The van der Waals surface area contributed by atoms with Crippen LogP contribution >= 0.6 is 33.9 Å². The van der Waals surface area contributed by atoms with Crippen LogP contribution in [0.25, 0.3) is 0 Å². The van der Waals surface area contributed by atoms with Gasteiger partial charge >= 0.3 is 5.97 Å². The van der Waals surface area contributed by atoms with Gasteiger partial charge in [-0.2, -0.15) is 5.10 Å². The molecule has 25 heavy (non-hydrogen) atoms. The van der Waals surface area contributed by atoms with Crippen molar-refractivity contribution in [2.45, 2.75) is 13.3 Å². The largest absolute Gasteiger partial charge is 0.480 e. The van der Waals surface area contributed by atoms with E-state index in [4.69, 9.17) is 15.9 Å². The third kappa shape index (κ3) is 6.36. The summed E-state index contributed by atoms with van der Waals surface area (Å²) in [4.78, 5) is 15.7. The minimum absolute atomic E-state index is 0.160. The maximum absolute atomic E-state index is 11.4. The summed E-state index contributed by atoms with van der Waals surface area (Å²) >= 11 is 3.56. The Hall–Kier alpha value is -2.12. The van der Waals surface area contributed by atoms with Crippen LogP contribution in [0.3, 0.4) is 0 Å². The van der Waals surface area contributed by atoms with Crippen LogP contribution in [0.5, 0.6) is 5.75 Å². The molecule has 0 aliphatic rings. The van der Waals surface area contributed by atoms with Gasteiger partial charge in [0.25, 0.3) is 0 Å². The van der Waals surface area contributed by atoms with Crippen molar-refractivity contribution < 1.29 is 14.3 Å². The Morgan fingerprint density at radius 2 is 2.40 bits per heavy atom. The smallest absolute Gasteiger partial charge is 0.311 e. The van der Waals surface area contributed by atoms with Crippen LogP contribution in [0.15, 0.2) is 28.7 Å². The van der Waals surface area contributed by atoms with Crippen molar-refractivity contribution in [1.29, 1.82) is 0 Å². The third-order valence-electron chi connectivity index (χ3n) is 2.82. The number of rotatable bonds is 8. The predicted molar refractivity (Wildman–Crippen MR) is 107 cm³/mol. The Labute approximate surface area is 163 Å². The van der Waals surface area contributed by atoms with Gasteiger partial charge in [-0.05, 0) is 53.3 Å². The van der Waals surface area contributed by atoms with E-state index in [1.807, 2.05) is 18.2 Å². The Balaban J connectivity index is 1.91. The van der Waals surface area contributed by atoms with Gasteiger partial charge in [0.05, 0.1) is 28.5 Å². The number of aromatic nitrogens is 1. The predicted octanol–water partition coefficient (Wildman–Crippen LogP) is 3.31. The van der Waals surface area contributed by atoms with Gasteiger partial charge in [0.1, 0.15) is 12.4 Å². The number of ether oxygens (including phenoxy) is 2. The topological polar surface area (TPSA) is 72.8 Å². The van der Waals surface area contributed by atoms with E-state index in [9.17, 15) is 4.79 Å². The molecule has 0 atom stereocenters. The summed E-state index contributed by atoms with van der Waals surface area (Å²) in [6.45, 7) is 2.38. The summed E-state index contributed by atoms with van der Waals surface area (Å²) in [6, 6.07) is 5.67. The maximum atomic E-state index is 11.4. The normalized spacial score (nSPS) is 10.4. The number of carbonyl (C=O) groups is 1. The third-order valence-corrected chi connectivity index (χ3v) is 4.46. The number of thiazole rings is 1. The first kappa shape index (κ1) is 19.2. The minimum atomic E-state index is -0.287. The Morgan fingerprint density at radius 1 is 1.56 bits per heavy atom. The molecule has 0 saturated carbocycles. The Morgan fingerprint density at radius 3 is 3.12 bits per heavy atom. The van der Waals surface area contributed by atoms with Crippen molar-refractivity contribution in [3.05, 3.63) is 38.4 Å². The number of hydrogen-bond donors (Lipinski definition) is 1.